The Labute approximate surface area is 163 Å². The Hall–Kier alpha value is -1.98. The van der Waals surface area contributed by atoms with Crippen molar-refractivity contribution in [3.8, 4) is 17.1 Å². The summed E-state index contributed by atoms with van der Waals surface area (Å²) in [5.41, 5.74) is 2.19. The van der Waals surface area contributed by atoms with Gasteiger partial charge in [0, 0.05) is 23.4 Å². The standard InChI is InChI=1S/C20H22ClN3OS/c1-14(2)12-25-18-9-7-16(8-10-18)19-22-23-20(24(19)3)26-13-15-5-4-6-17(21)11-15/h4-11,14H,12-13H2,1-3H3. The Morgan fingerprint density at radius 1 is 1.12 bits per heavy atom. The van der Waals surface area contributed by atoms with E-state index in [4.69, 9.17) is 16.3 Å². The van der Waals surface area contributed by atoms with E-state index in [0.717, 1.165) is 33.1 Å². The molecule has 0 unspecified atom stereocenters. The Morgan fingerprint density at radius 3 is 2.58 bits per heavy atom. The summed E-state index contributed by atoms with van der Waals surface area (Å²) in [7, 11) is 1.98. The van der Waals surface area contributed by atoms with Crippen molar-refractivity contribution in [1.82, 2.24) is 14.8 Å². The van der Waals surface area contributed by atoms with Crippen molar-refractivity contribution >= 4 is 23.4 Å². The molecule has 6 heteroatoms. The van der Waals surface area contributed by atoms with Crippen LogP contribution in [0.3, 0.4) is 0 Å². The number of benzene rings is 2. The van der Waals surface area contributed by atoms with E-state index in [1.807, 2.05) is 54.1 Å². The molecule has 0 atom stereocenters. The number of rotatable bonds is 7. The van der Waals surface area contributed by atoms with Crippen molar-refractivity contribution in [3.63, 3.8) is 0 Å². The molecule has 0 fully saturated rings. The topological polar surface area (TPSA) is 39.9 Å². The fourth-order valence-corrected chi connectivity index (χ4v) is 3.50. The average Bonchev–Trinajstić information content (AvgIpc) is 2.99. The maximum absolute atomic E-state index is 6.04. The van der Waals surface area contributed by atoms with Gasteiger partial charge in [0.2, 0.25) is 0 Å². The number of halogens is 1. The van der Waals surface area contributed by atoms with Crippen LogP contribution in [0.1, 0.15) is 19.4 Å². The second kappa shape index (κ2) is 8.60. The Kier molecular flexibility index (Phi) is 6.22. The van der Waals surface area contributed by atoms with Crippen LogP contribution in [0.4, 0.5) is 0 Å². The fourth-order valence-electron chi connectivity index (χ4n) is 2.43. The van der Waals surface area contributed by atoms with Gasteiger partial charge >= 0.3 is 0 Å². The van der Waals surface area contributed by atoms with Crippen LogP contribution >= 0.6 is 23.4 Å². The SMILES string of the molecule is CC(C)COc1ccc(-c2nnc(SCc3cccc(Cl)c3)n2C)cc1. The van der Waals surface area contributed by atoms with Crippen LogP contribution in [0.25, 0.3) is 11.4 Å². The summed E-state index contributed by atoms with van der Waals surface area (Å²) in [4.78, 5) is 0. The molecule has 0 aliphatic carbocycles. The van der Waals surface area contributed by atoms with Crippen LogP contribution < -0.4 is 4.74 Å². The summed E-state index contributed by atoms with van der Waals surface area (Å²) in [5.74, 6) is 3.02. The third-order valence-corrected chi connectivity index (χ3v) is 5.11. The molecule has 0 saturated carbocycles. The molecule has 0 spiro atoms. The van der Waals surface area contributed by atoms with Crippen molar-refractivity contribution in [2.75, 3.05) is 6.61 Å². The zero-order chi connectivity index (χ0) is 18.5. The number of thioether (sulfide) groups is 1. The largest absolute Gasteiger partial charge is 0.493 e. The first-order valence-electron chi connectivity index (χ1n) is 8.53. The molecule has 0 saturated heterocycles. The monoisotopic (exact) mass is 387 g/mol. The van der Waals surface area contributed by atoms with Crippen LogP contribution in [0.15, 0.2) is 53.7 Å². The molecule has 0 bridgehead atoms. The van der Waals surface area contributed by atoms with Gasteiger partial charge in [-0.2, -0.15) is 0 Å². The van der Waals surface area contributed by atoms with E-state index in [-0.39, 0.29) is 0 Å². The predicted molar refractivity (Wildman–Crippen MR) is 108 cm³/mol. The van der Waals surface area contributed by atoms with E-state index in [0.29, 0.717) is 12.5 Å². The van der Waals surface area contributed by atoms with Crippen LogP contribution in [-0.4, -0.2) is 21.4 Å². The summed E-state index contributed by atoms with van der Waals surface area (Å²) in [6, 6.07) is 15.9. The van der Waals surface area contributed by atoms with Gasteiger partial charge in [0.1, 0.15) is 5.75 Å². The summed E-state index contributed by atoms with van der Waals surface area (Å²) in [6.07, 6.45) is 0. The molecule has 136 valence electrons. The highest BCUT2D eigenvalue weighted by atomic mass is 35.5. The number of ether oxygens (including phenoxy) is 1. The third-order valence-electron chi connectivity index (χ3n) is 3.79. The van der Waals surface area contributed by atoms with Crippen molar-refractivity contribution in [2.24, 2.45) is 13.0 Å². The van der Waals surface area contributed by atoms with E-state index >= 15 is 0 Å². The second-order valence-corrected chi connectivity index (χ2v) is 7.89. The van der Waals surface area contributed by atoms with Crippen molar-refractivity contribution < 1.29 is 4.74 Å². The molecule has 2 aromatic carbocycles. The highest BCUT2D eigenvalue weighted by molar-refractivity contribution is 7.98. The molecule has 0 N–H and O–H groups in total. The molecule has 26 heavy (non-hydrogen) atoms. The van der Waals surface area contributed by atoms with Gasteiger partial charge in [-0.15, -0.1) is 10.2 Å². The molecule has 1 heterocycles. The number of nitrogens with zero attached hydrogens (tertiary/aromatic N) is 3. The summed E-state index contributed by atoms with van der Waals surface area (Å²) in [5, 5.41) is 10.3. The zero-order valence-electron chi connectivity index (χ0n) is 15.1. The minimum absolute atomic E-state index is 0.507. The van der Waals surface area contributed by atoms with Gasteiger partial charge in [-0.3, -0.25) is 0 Å². The Balaban J connectivity index is 1.68. The molecule has 0 aliphatic heterocycles. The van der Waals surface area contributed by atoms with Gasteiger partial charge in [0.05, 0.1) is 6.61 Å². The lowest BCUT2D eigenvalue weighted by Crippen LogP contribution is -2.04. The summed E-state index contributed by atoms with van der Waals surface area (Å²) >= 11 is 7.69. The Bertz CT molecular complexity index is 862. The molecule has 3 aromatic rings. The van der Waals surface area contributed by atoms with Gasteiger partial charge in [-0.05, 0) is 47.9 Å². The minimum atomic E-state index is 0.507. The van der Waals surface area contributed by atoms with Gasteiger partial charge in [0.25, 0.3) is 0 Å². The first-order valence-corrected chi connectivity index (χ1v) is 9.89. The fraction of sp³-hybridized carbons (Fsp3) is 0.300. The zero-order valence-corrected chi connectivity index (χ0v) is 16.7. The third kappa shape index (κ3) is 4.80. The summed E-state index contributed by atoms with van der Waals surface area (Å²) < 4.78 is 7.75. The van der Waals surface area contributed by atoms with E-state index in [1.54, 1.807) is 11.8 Å². The van der Waals surface area contributed by atoms with E-state index in [9.17, 15) is 0 Å². The predicted octanol–water partition coefficient (Wildman–Crippen LogP) is 5.46. The van der Waals surface area contributed by atoms with Crippen LogP contribution in [0.5, 0.6) is 5.75 Å². The van der Waals surface area contributed by atoms with Crippen molar-refractivity contribution in [2.45, 2.75) is 24.8 Å². The van der Waals surface area contributed by atoms with E-state index in [1.165, 1.54) is 5.56 Å². The molecule has 3 rings (SSSR count). The van der Waals surface area contributed by atoms with Crippen LogP contribution in [0, 0.1) is 5.92 Å². The molecule has 0 aliphatic rings. The van der Waals surface area contributed by atoms with Gasteiger partial charge < -0.3 is 9.30 Å². The molecular weight excluding hydrogens is 366 g/mol. The quantitative estimate of drug-likeness (QED) is 0.504. The lowest BCUT2D eigenvalue weighted by Gasteiger charge is -2.09. The lowest BCUT2D eigenvalue weighted by atomic mass is 10.2. The van der Waals surface area contributed by atoms with Crippen LogP contribution in [-0.2, 0) is 12.8 Å². The van der Waals surface area contributed by atoms with Gasteiger partial charge in [0.15, 0.2) is 11.0 Å². The van der Waals surface area contributed by atoms with Crippen molar-refractivity contribution in [3.05, 3.63) is 59.1 Å². The second-order valence-electron chi connectivity index (χ2n) is 6.51. The normalized spacial score (nSPS) is 11.1. The Morgan fingerprint density at radius 2 is 1.88 bits per heavy atom. The molecule has 0 radical (unpaired) electrons. The first-order chi connectivity index (χ1) is 12.5. The maximum Gasteiger partial charge on any atom is 0.191 e. The van der Waals surface area contributed by atoms with Crippen LogP contribution in [0.2, 0.25) is 5.02 Å². The summed E-state index contributed by atoms with van der Waals surface area (Å²) in [6.45, 7) is 4.99. The number of hydrogen-bond acceptors (Lipinski definition) is 4. The minimum Gasteiger partial charge on any atom is -0.493 e. The van der Waals surface area contributed by atoms with Gasteiger partial charge in [-0.1, -0.05) is 49.3 Å². The first kappa shape index (κ1) is 18.8. The number of aromatic nitrogens is 3. The average molecular weight is 388 g/mol. The smallest absolute Gasteiger partial charge is 0.191 e. The lowest BCUT2D eigenvalue weighted by molar-refractivity contribution is 0.271. The molecule has 1 aromatic heterocycles. The van der Waals surface area contributed by atoms with E-state index in [2.05, 4.69) is 30.1 Å². The number of hydrogen-bond donors (Lipinski definition) is 0. The van der Waals surface area contributed by atoms with Gasteiger partial charge in [-0.25, -0.2) is 0 Å². The molecule has 4 nitrogen and oxygen atoms in total. The highest BCUT2D eigenvalue weighted by Gasteiger charge is 2.12. The highest BCUT2D eigenvalue weighted by Crippen LogP contribution is 2.27. The van der Waals surface area contributed by atoms with E-state index < -0.39 is 0 Å². The molecular formula is C20H22ClN3OS. The van der Waals surface area contributed by atoms with Crippen molar-refractivity contribution in [1.29, 1.82) is 0 Å². The molecule has 0 amide bonds. The maximum atomic E-state index is 6.04.